The molecule has 3 aliphatic rings. The highest BCUT2D eigenvalue weighted by Crippen LogP contribution is 2.33. The Hall–Kier alpha value is -5.37. The monoisotopic (exact) mass is 768 g/mol. The molecule has 2 aromatic carbocycles. The number of fused-ring (bicyclic) bond motifs is 1. The second-order valence-corrected chi connectivity index (χ2v) is 15.4. The number of amides is 4. The lowest BCUT2D eigenvalue weighted by Gasteiger charge is -2.40. The SMILES string of the molecule is Cc1cc(OC(C)C)c(NC=O)cc1CN(C=O)C1CCN(CC2CCN(c3ccc(C4CCC(=O)NC4=O)c(F)c3)CC2)CC1.Cc1cnn2cccnc12. The fraction of sp³-hybridized carbons (Fsp3) is 0.476. The number of rotatable bonds is 12. The van der Waals surface area contributed by atoms with Crippen LogP contribution >= 0.6 is 0 Å². The summed E-state index contributed by atoms with van der Waals surface area (Å²) in [4.78, 5) is 57.8. The molecule has 56 heavy (non-hydrogen) atoms. The molecular weight excluding hydrogens is 716 g/mol. The van der Waals surface area contributed by atoms with E-state index in [1.165, 1.54) is 6.07 Å². The minimum Gasteiger partial charge on any atom is -0.489 e. The first-order valence-electron chi connectivity index (χ1n) is 19.6. The minimum atomic E-state index is -0.626. The van der Waals surface area contributed by atoms with Crippen LogP contribution in [0.2, 0.25) is 0 Å². The Bertz CT molecular complexity index is 2000. The van der Waals surface area contributed by atoms with Crippen LogP contribution in [0.15, 0.2) is 55.0 Å². The van der Waals surface area contributed by atoms with Gasteiger partial charge in [-0.05, 0) is 107 Å². The molecule has 4 aromatic rings. The number of aryl methyl sites for hydroxylation is 2. The van der Waals surface area contributed by atoms with E-state index < -0.39 is 17.6 Å². The van der Waals surface area contributed by atoms with Crippen molar-refractivity contribution in [3.8, 4) is 5.75 Å². The van der Waals surface area contributed by atoms with Crippen LogP contribution in [0.25, 0.3) is 5.65 Å². The number of hydrogen-bond donors (Lipinski definition) is 2. The zero-order valence-corrected chi connectivity index (χ0v) is 32.7. The number of aromatic nitrogens is 3. The summed E-state index contributed by atoms with van der Waals surface area (Å²) in [6.07, 6.45) is 11.4. The third kappa shape index (κ3) is 9.89. The summed E-state index contributed by atoms with van der Waals surface area (Å²) in [7, 11) is 0. The number of nitrogens with zero attached hydrogens (tertiary/aromatic N) is 6. The summed E-state index contributed by atoms with van der Waals surface area (Å²) in [6, 6.07) is 11.0. The maximum absolute atomic E-state index is 15.1. The Morgan fingerprint density at radius 3 is 2.45 bits per heavy atom. The third-order valence-corrected chi connectivity index (χ3v) is 11.1. The van der Waals surface area contributed by atoms with Crippen LogP contribution in [0.3, 0.4) is 0 Å². The molecule has 3 saturated heterocycles. The number of likely N-dealkylation sites (tertiary alicyclic amines) is 1. The Kier molecular flexibility index (Phi) is 13.3. The molecule has 4 amide bonds. The molecule has 0 radical (unpaired) electrons. The van der Waals surface area contributed by atoms with Crippen molar-refractivity contribution in [2.75, 3.05) is 42.9 Å². The van der Waals surface area contributed by atoms with Gasteiger partial charge in [0.2, 0.25) is 24.6 Å². The van der Waals surface area contributed by atoms with Gasteiger partial charge < -0.3 is 24.8 Å². The normalized spacial score (nSPS) is 18.3. The largest absolute Gasteiger partial charge is 0.489 e. The van der Waals surface area contributed by atoms with Crippen LogP contribution in [0.4, 0.5) is 15.8 Å². The zero-order valence-electron chi connectivity index (χ0n) is 32.7. The Labute approximate surface area is 327 Å². The number of carbonyl (C=O) groups is 4. The molecular formula is C42H53FN8O5. The van der Waals surface area contributed by atoms with E-state index in [4.69, 9.17) is 4.74 Å². The van der Waals surface area contributed by atoms with Crippen LogP contribution in [-0.2, 0) is 25.7 Å². The second kappa shape index (κ2) is 18.5. The number of halogens is 1. The first-order chi connectivity index (χ1) is 27.0. The van der Waals surface area contributed by atoms with Crippen LogP contribution in [-0.4, -0.2) is 93.9 Å². The minimum absolute atomic E-state index is 0.0304. The van der Waals surface area contributed by atoms with Gasteiger partial charge in [-0.2, -0.15) is 5.10 Å². The molecule has 3 fully saturated rings. The van der Waals surface area contributed by atoms with Crippen LogP contribution in [0.5, 0.6) is 5.75 Å². The van der Waals surface area contributed by atoms with Crippen LogP contribution < -0.4 is 20.3 Å². The van der Waals surface area contributed by atoms with E-state index in [2.05, 4.69) is 30.5 Å². The van der Waals surface area contributed by atoms with Gasteiger partial charge in [-0.15, -0.1) is 0 Å². The van der Waals surface area contributed by atoms with Gasteiger partial charge in [0.15, 0.2) is 5.65 Å². The Morgan fingerprint density at radius 2 is 1.79 bits per heavy atom. The third-order valence-electron chi connectivity index (χ3n) is 11.1. The van der Waals surface area contributed by atoms with Crippen molar-refractivity contribution in [1.82, 2.24) is 29.7 Å². The molecule has 7 rings (SSSR count). The number of ether oxygens (including phenoxy) is 1. The molecule has 2 aromatic heterocycles. The number of benzene rings is 2. The summed E-state index contributed by atoms with van der Waals surface area (Å²) in [5.41, 5.74) is 5.81. The van der Waals surface area contributed by atoms with E-state index in [1.54, 1.807) is 16.8 Å². The standard InChI is InChI=1S/C35H46FN5O5.C7H7N3/c1-23(2)46-33-16-24(3)26(17-32(33)37-21-42)20-41(22-43)27-10-12-39(13-11-27)19-25-8-14-40(15-9-25)28-4-5-29(31(36)18-28)30-6-7-34(44)38-35(30)45;1-6-5-9-10-4-2-3-8-7(6)10/h4-5,16-18,21-23,25,27,30H,6-15,19-20H2,1-3H3,(H,37,42)(H,38,44,45);2-5H,1H3. The van der Waals surface area contributed by atoms with Crippen molar-refractivity contribution < 1.29 is 28.3 Å². The quantitative estimate of drug-likeness (QED) is 0.144. The van der Waals surface area contributed by atoms with E-state index in [0.717, 1.165) is 92.8 Å². The molecule has 0 aliphatic carbocycles. The lowest BCUT2D eigenvalue weighted by Crippen LogP contribution is -2.46. The van der Waals surface area contributed by atoms with Gasteiger partial charge in [0.1, 0.15) is 11.6 Å². The molecule has 0 spiro atoms. The highest BCUT2D eigenvalue weighted by molar-refractivity contribution is 6.01. The van der Waals surface area contributed by atoms with Crippen molar-refractivity contribution in [3.05, 3.63) is 83.1 Å². The van der Waals surface area contributed by atoms with Gasteiger partial charge in [-0.25, -0.2) is 13.9 Å². The van der Waals surface area contributed by atoms with Gasteiger partial charge in [0.25, 0.3) is 0 Å². The number of carbonyl (C=O) groups excluding carboxylic acids is 4. The molecule has 2 N–H and O–H groups in total. The fourth-order valence-electron chi connectivity index (χ4n) is 7.98. The van der Waals surface area contributed by atoms with Gasteiger partial charge in [-0.3, -0.25) is 24.5 Å². The fourth-order valence-corrected chi connectivity index (χ4v) is 7.98. The van der Waals surface area contributed by atoms with Gasteiger partial charge in [0.05, 0.1) is 23.9 Å². The lowest BCUT2D eigenvalue weighted by molar-refractivity contribution is -0.134. The highest BCUT2D eigenvalue weighted by Gasteiger charge is 2.31. The van der Waals surface area contributed by atoms with Crippen molar-refractivity contribution in [1.29, 1.82) is 0 Å². The molecule has 14 heteroatoms. The average molecular weight is 769 g/mol. The van der Waals surface area contributed by atoms with E-state index in [-0.39, 0.29) is 24.5 Å². The van der Waals surface area contributed by atoms with E-state index in [1.807, 2.05) is 69.3 Å². The summed E-state index contributed by atoms with van der Waals surface area (Å²) < 4.78 is 22.7. The predicted molar refractivity (Wildman–Crippen MR) is 212 cm³/mol. The molecule has 3 aliphatic heterocycles. The molecule has 298 valence electrons. The van der Waals surface area contributed by atoms with Gasteiger partial charge in [0, 0.05) is 80.9 Å². The Balaban J connectivity index is 0.000000457. The van der Waals surface area contributed by atoms with E-state index in [9.17, 15) is 19.2 Å². The van der Waals surface area contributed by atoms with Crippen molar-refractivity contribution in [3.63, 3.8) is 0 Å². The van der Waals surface area contributed by atoms with E-state index in [0.29, 0.717) is 42.3 Å². The summed E-state index contributed by atoms with van der Waals surface area (Å²) in [6.45, 7) is 12.9. The number of imide groups is 1. The van der Waals surface area contributed by atoms with Gasteiger partial charge in [-0.1, -0.05) is 6.07 Å². The molecule has 5 heterocycles. The predicted octanol–water partition coefficient (Wildman–Crippen LogP) is 5.39. The number of piperidine rings is 3. The lowest BCUT2D eigenvalue weighted by atomic mass is 9.89. The van der Waals surface area contributed by atoms with Crippen molar-refractivity contribution in [2.45, 2.75) is 90.8 Å². The maximum atomic E-state index is 15.1. The molecule has 0 saturated carbocycles. The summed E-state index contributed by atoms with van der Waals surface area (Å²) >= 11 is 0. The van der Waals surface area contributed by atoms with Gasteiger partial charge >= 0.3 is 0 Å². The molecule has 0 bridgehead atoms. The number of anilines is 2. The first kappa shape index (κ1) is 40.3. The number of hydrogen-bond acceptors (Lipinski definition) is 9. The molecule has 1 unspecified atom stereocenters. The smallest absolute Gasteiger partial charge is 0.234 e. The maximum Gasteiger partial charge on any atom is 0.234 e. The van der Waals surface area contributed by atoms with E-state index >= 15 is 4.39 Å². The van der Waals surface area contributed by atoms with Crippen LogP contribution in [0.1, 0.15) is 80.5 Å². The second-order valence-electron chi connectivity index (χ2n) is 15.4. The zero-order chi connectivity index (χ0) is 39.8. The Morgan fingerprint density at radius 1 is 1.02 bits per heavy atom. The molecule has 1 atom stereocenters. The van der Waals surface area contributed by atoms with Crippen molar-refractivity contribution in [2.24, 2.45) is 5.92 Å². The summed E-state index contributed by atoms with van der Waals surface area (Å²) in [5.74, 6) is -0.574. The average Bonchev–Trinajstić information content (AvgIpc) is 3.57. The highest BCUT2D eigenvalue weighted by atomic mass is 19.1. The number of nitrogens with one attached hydrogen (secondary N) is 2. The first-order valence-corrected chi connectivity index (χ1v) is 19.6. The topological polar surface area (TPSA) is 141 Å². The summed E-state index contributed by atoms with van der Waals surface area (Å²) in [5, 5.41) is 9.12. The molecule has 13 nitrogen and oxygen atoms in total. The van der Waals surface area contributed by atoms with Crippen molar-refractivity contribution >= 4 is 41.7 Å². The van der Waals surface area contributed by atoms with Crippen LogP contribution in [0, 0.1) is 25.6 Å².